The van der Waals surface area contributed by atoms with Gasteiger partial charge in [-0.3, -0.25) is 4.99 Å². The molecule has 1 aliphatic rings. The molecule has 10 aromatic carbocycles. The standard InChI is InChI=1S/C60H48N2O/c63-60-47(37-46-24-10-14-28-51(46)59(60)58-50-27-13-8-22-44(50)32-34-53(58)42-19-5-2-6-20-42)39-62-56-30-16-15-29-55(56)61-38-40-35-45-23-9-11-25-48(45)54(36-40)57-49-26-12-7-21-43(49)31-33-52(57)41-17-3-1-4-18-41/h1-14,17-28,31-38,55-56,62-63H,15-16,29-30,39H2/b61-38+/t55-,56-/m1/s1. The fraction of sp³-hybridized carbons (Fsp3) is 0.117. The van der Waals surface area contributed by atoms with Crippen molar-refractivity contribution in [3.63, 3.8) is 0 Å². The van der Waals surface area contributed by atoms with Crippen LogP contribution >= 0.6 is 0 Å². The van der Waals surface area contributed by atoms with Crippen molar-refractivity contribution in [2.75, 3.05) is 0 Å². The first-order valence-corrected chi connectivity index (χ1v) is 22.4. The van der Waals surface area contributed by atoms with Crippen molar-refractivity contribution < 1.29 is 5.11 Å². The quantitative estimate of drug-likeness (QED) is 0.143. The summed E-state index contributed by atoms with van der Waals surface area (Å²) in [5.41, 5.74) is 11.1. The van der Waals surface area contributed by atoms with Crippen molar-refractivity contribution in [2.45, 2.75) is 44.3 Å². The van der Waals surface area contributed by atoms with E-state index < -0.39 is 0 Å². The molecule has 1 fully saturated rings. The van der Waals surface area contributed by atoms with Gasteiger partial charge in [0.25, 0.3) is 0 Å². The SMILES string of the molecule is Oc1c(CN[C@@H]2CCCC[C@H]2/N=C/c2cc(-c3c(-c4ccccc4)ccc4ccccc34)c3ccccc3c2)cc2ccccc2c1-c1c(-c2ccccc2)ccc2ccccc12. The van der Waals surface area contributed by atoms with Crippen molar-refractivity contribution in [2.24, 2.45) is 4.99 Å². The number of aromatic hydroxyl groups is 1. The summed E-state index contributed by atoms with van der Waals surface area (Å²) in [4.78, 5) is 5.40. The van der Waals surface area contributed by atoms with Crippen LogP contribution in [0.15, 0.2) is 205 Å². The topological polar surface area (TPSA) is 44.6 Å². The lowest BCUT2D eigenvalue weighted by Gasteiger charge is -2.30. The molecule has 0 saturated heterocycles. The zero-order valence-electron chi connectivity index (χ0n) is 35.2. The van der Waals surface area contributed by atoms with Gasteiger partial charge in [-0.25, -0.2) is 0 Å². The van der Waals surface area contributed by atoms with E-state index in [4.69, 9.17) is 4.99 Å². The summed E-state index contributed by atoms with van der Waals surface area (Å²) in [6.07, 6.45) is 6.46. The molecule has 0 spiro atoms. The van der Waals surface area contributed by atoms with Crippen LogP contribution in [0.2, 0.25) is 0 Å². The molecule has 0 unspecified atom stereocenters. The van der Waals surface area contributed by atoms with E-state index in [2.05, 4.69) is 212 Å². The van der Waals surface area contributed by atoms with Crippen molar-refractivity contribution >= 4 is 49.3 Å². The van der Waals surface area contributed by atoms with Crippen molar-refractivity contribution in [3.05, 3.63) is 211 Å². The molecule has 2 atom stereocenters. The summed E-state index contributed by atoms with van der Waals surface area (Å²) in [5, 5.41) is 25.8. The fourth-order valence-electron chi connectivity index (χ4n) is 10.2. The molecule has 10 aromatic rings. The third-order valence-electron chi connectivity index (χ3n) is 13.2. The number of phenols is 1. The lowest BCUT2D eigenvalue weighted by Crippen LogP contribution is -2.40. The Kier molecular flexibility index (Phi) is 10.3. The third-order valence-corrected chi connectivity index (χ3v) is 13.2. The van der Waals surface area contributed by atoms with E-state index in [1.165, 1.54) is 43.8 Å². The lowest BCUT2D eigenvalue weighted by molar-refractivity contribution is 0.327. The summed E-state index contributed by atoms with van der Waals surface area (Å²) in [6.45, 7) is 0.537. The van der Waals surface area contributed by atoms with Crippen molar-refractivity contribution in [1.29, 1.82) is 0 Å². The molecule has 0 heterocycles. The van der Waals surface area contributed by atoms with E-state index in [0.717, 1.165) is 80.6 Å². The molecule has 3 nitrogen and oxygen atoms in total. The number of nitrogens with zero attached hydrogens (tertiary/aromatic N) is 1. The molecule has 11 rings (SSSR count). The van der Waals surface area contributed by atoms with Gasteiger partial charge in [0.1, 0.15) is 5.75 Å². The van der Waals surface area contributed by atoms with Crippen LogP contribution < -0.4 is 5.32 Å². The van der Waals surface area contributed by atoms with E-state index in [1.807, 2.05) is 0 Å². The Morgan fingerprint density at radius 2 is 0.968 bits per heavy atom. The number of benzene rings is 10. The molecule has 0 radical (unpaired) electrons. The second-order valence-electron chi connectivity index (χ2n) is 17.0. The normalized spacial score (nSPS) is 15.5. The van der Waals surface area contributed by atoms with E-state index in [-0.39, 0.29) is 12.1 Å². The molecule has 304 valence electrons. The molecule has 2 N–H and O–H groups in total. The Bertz CT molecular complexity index is 3320. The summed E-state index contributed by atoms with van der Waals surface area (Å²) in [5.74, 6) is 0.331. The number of fused-ring (bicyclic) bond motifs is 4. The summed E-state index contributed by atoms with van der Waals surface area (Å²) in [6, 6.07) is 71.8. The van der Waals surface area contributed by atoms with Crippen LogP contribution in [0.1, 0.15) is 36.8 Å². The van der Waals surface area contributed by atoms with Gasteiger partial charge < -0.3 is 10.4 Å². The van der Waals surface area contributed by atoms with Crippen molar-refractivity contribution in [3.8, 4) is 50.3 Å². The lowest BCUT2D eigenvalue weighted by atomic mass is 9.85. The van der Waals surface area contributed by atoms with Gasteiger partial charge in [0.15, 0.2) is 0 Å². The van der Waals surface area contributed by atoms with Crippen LogP contribution in [-0.4, -0.2) is 23.4 Å². The Balaban J connectivity index is 0.956. The number of hydrogen-bond acceptors (Lipinski definition) is 3. The fourth-order valence-corrected chi connectivity index (χ4v) is 10.2. The molecule has 1 aliphatic carbocycles. The highest BCUT2D eigenvalue weighted by Gasteiger charge is 2.26. The Labute approximate surface area is 369 Å². The van der Waals surface area contributed by atoms with Crippen molar-refractivity contribution in [1.82, 2.24) is 5.32 Å². The Morgan fingerprint density at radius 1 is 0.460 bits per heavy atom. The minimum atomic E-state index is 0.107. The van der Waals surface area contributed by atoms with Gasteiger partial charge in [-0.2, -0.15) is 0 Å². The molecular weight excluding hydrogens is 765 g/mol. The van der Waals surface area contributed by atoms with Crippen LogP contribution in [-0.2, 0) is 6.54 Å². The summed E-state index contributed by atoms with van der Waals surface area (Å²) < 4.78 is 0. The van der Waals surface area contributed by atoms with E-state index in [9.17, 15) is 5.11 Å². The third kappa shape index (κ3) is 7.35. The maximum Gasteiger partial charge on any atom is 0.128 e. The van der Waals surface area contributed by atoms with Gasteiger partial charge in [-0.05, 0) is 113 Å². The molecule has 1 saturated carbocycles. The van der Waals surface area contributed by atoms with Crippen LogP contribution in [0.3, 0.4) is 0 Å². The zero-order valence-corrected chi connectivity index (χ0v) is 35.2. The first-order chi connectivity index (χ1) is 31.2. The zero-order chi connectivity index (χ0) is 42.1. The van der Waals surface area contributed by atoms with Crippen LogP contribution in [0.25, 0.3) is 87.6 Å². The minimum Gasteiger partial charge on any atom is -0.507 e. The molecule has 0 aromatic heterocycles. The van der Waals surface area contributed by atoms with Gasteiger partial charge in [0, 0.05) is 35.5 Å². The predicted octanol–water partition coefficient (Wildman–Crippen LogP) is 15.2. The largest absolute Gasteiger partial charge is 0.507 e. The predicted molar refractivity (Wildman–Crippen MR) is 267 cm³/mol. The molecule has 3 heteroatoms. The number of aliphatic imine (C=N–C) groups is 1. The maximum atomic E-state index is 12.5. The van der Waals surface area contributed by atoms with Gasteiger partial charge in [-0.15, -0.1) is 0 Å². The average molecular weight is 813 g/mol. The van der Waals surface area contributed by atoms with E-state index in [0.29, 0.717) is 12.3 Å². The number of rotatable bonds is 9. The Hall–Kier alpha value is -7.33. The van der Waals surface area contributed by atoms with Gasteiger partial charge in [0.2, 0.25) is 0 Å². The maximum absolute atomic E-state index is 12.5. The molecule has 0 bridgehead atoms. The van der Waals surface area contributed by atoms with Gasteiger partial charge in [0.05, 0.1) is 6.04 Å². The highest BCUT2D eigenvalue weighted by atomic mass is 16.3. The molecule has 0 amide bonds. The molecular formula is C60H48N2O. The first kappa shape index (κ1) is 38.6. The number of phenolic OH excluding ortho intramolecular Hbond substituents is 1. The van der Waals surface area contributed by atoms with Crippen LogP contribution in [0.5, 0.6) is 5.75 Å². The second kappa shape index (κ2) is 16.9. The number of nitrogens with one attached hydrogen (secondary N) is 1. The Morgan fingerprint density at radius 3 is 1.62 bits per heavy atom. The van der Waals surface area contributed by atoms with Gasteiger partial charge in [-0.1, -0.05) is 195 Å². The average Bonchev–Trinajstić information content (AvgIpc) is 3.35. The molecule has 63 heavy (non-hydrogen) atoms. The van der Waals surface area contributed by atoms with E-state index >= 15 is 0 Å². The monoisotopic (exact) mass is 812 g/mol. The summed E-state index contributed by atoms with van der Waals surface area (Å²) >= 11 is 0. The van der Waals surface area contributed by atoms with Crippen LogP contribution in [0, 0.1) is 0 Å². The first-order valence-electron chi connectivity index (χ1n) is 22.4. The highest BCUT2D eigenvalue weighted by molar-refractivity contribution is 6.14. The highest BCUT2D eigenvalue weighted by Crippen LogP contribution is 2.47. The van der Waals surface area contributed by atoms with Gasteiger partial charge >= 0.3 is 0 Å². The van der Waals surface area contributed by atoms with Crippen LogP contribution in [0.4, 0.5) is 0 Å². The molecule has 0 aliphatic heterocycles. The minimum absolute atomic E-state index is 0.107. The smallest absolute Gasteiger partial charge is 0.128 e. The second-order valence-corrected chi connectivity index (χ2v) is 17.0. The van der Waals surface area contributed by atoms with E-state index in [1.54, 1.807) is 0 Å². The number of hydrogen-bond donors (Lipinski definition) is 2. The summed E-state index contributed by atoms with van der Waals surface area (Å²) in [7, 11) is 0.